The summed E-state index contributed by atoms with van der Waals surface area (Å²) in [7, 11) is 2.09. The minimum absolute atomic E-state index is 0.0387. The van der Waals surface area contributed by atoms with Gasteiger partial charge in [-0.15, -0.1) is 0 Å². The third kappa shape index (κ3) is 3.16. The van der Waals surface area contributed by atoms with Crippen molar-refractivity contribution in [3.05, 3.63) is 35.9 Å². The summed E-state index contributed by atoms with van der Waals surface area (Å²) in [6, 6.07) is 5.98. The SMILES string of the molecule is C=Cc1ccc(OCC(C)(C)NC(=O)C2C3(C)CN(C)CC23S)c(C)c1. The number of benzene rings is 1. The van der Waals surface area contributed by atoms with Gasteiger partial charge in [-0.2, -0.15) is 12.6 Å². The maximum atomic E-state index is 12.9. The van der Waals surface area contributed by atoms with Crippen LogP contribution in [0.5, 0.6) is 5.75 Å². The Hall–Kier alpha value is -1.46. The maximum Gasteiger partial charge on any atom is 0.225 e. The van der Waals surface area contributed by atoms with Gasteiger partial charge in [0, 0.05) is 23.3 Å². The van der Waals surface area contributed by atoms with Gasteiger partial charge >= 0.3 is 0 Å². The van der Waals surface area contributed by atoms with Crippen LogP contribution in [0.3, 0.4) is 0 Å². The fraction of sp³-hybridized carbons (Fsp3) is 0.571. The molecule has 0 radical (unpaired) electrons. The second-order valence-electron chi connectivity index (χ2n) is 8.84. The standard InChI is InChI=1S/C21H30N2O2S/c1-7-15-8-9-16(14(2)10-15)25-13-19(3,4)22-18(24)17-20(5)11-23(6)12-21(17,20)26/h7-10,17,26H,1,11-13H2,2-6H3,(H,22,24). The molecular formula is C21H30N2O2S. The molecule has 0 bridgehead atoms. The first-order chi connectivity index (χ1) is 12.0. The number of ether oxygens (including phenoxy) is 1. The lowest BCUT2D eigenvalue weighted by Crippen LogP contribution is -2.50. The van der Waals surface area contributed by atoms with E-state index in [4.69, 9.17) is 17.4 Å². The molecule has 26 heavy (non-hydrogen) atoms. The van der Waals surface area contributed by atoms with E-state index in [2.05, 4.69) is 30.8 Å². The fourth-order valence-corrected chi connectivity index (χ4v) is 5.21. The van der Waals surface area contributed by atoms with Crippen molar-refractivity contribution in [1.29, 1.82) is 0 Å². The molecule has 3 unspecified atom stereocenters. The van der Waals surface area contributed by atoms with Gasteiger partial charge in [-0.25, -0.2) is 0 Å². The maximum absolute atomic E-state index is 12.9. The Bertz CT molecular complexity index is 730. The number of carbonyl (C=O) groups is 1. The number of hydrogen-bond donors (Lipinski definition) is 2. The number of thiol groups is 1. The van der Waals surface area contributed by atoms with E-state index < -0.39 is 5.54 Å². The Morgan fingerprint density at radius 3 is 2.73 bits per heavy atom. The van der Waals surface area contributed by atoms with Crippen LogP contribution >= 0.6 is 12.6 Å². The van der Waals surface area contributed by atoms with Crippen molar-refractivity contribution in [1.82, 2.24) is 10.2 Å². The largest absolute Gasteiger partial charge is 0.491 e. The molecule has 1 N–H and O–H groups in total. The monoisotopic (exact) mass is 374 g/mol. The second kappa shape index (κ2) is 6.31. The van der Waals surface area contributed by atoms with Gasteiger partial charge in [0.25, 0.3) is 0 Å². The summed E-state index contributed by atoms with van der Waals surface area (Å²) in [5, 5.41) is 3.18. The van der Waals surface area contributed by atoms with E-state index in [-0.39, 0.29) is 22.0 Å². The molecule has 2 aliphatic rings. The predicted octanol–water partition coefficient (Wildman–Crippen LogP) is 3.16. The first kappa shape index (κ1) is 19.3. The Morgan fingerprint density at radius 1 is 1.50 bits per heavy atom. The normalized spacial score (nSPS) is 30.6. The topological polar surface area (TPSA) is 41.6 Å². The van der Waals surface area contributed by atoms with Crippen molar-refractivity contribution in [2.24, 2.45) is 11.3 Å². The average molecular weight is 375 g/mol. The van der Waals surface area contributed by atoms with Gasteiger partial charge < -0.3 is 15.0 Å². The van der Waals surface area contributed by atoms with E-state index in [0.717, 1.165) is 30.0 Å². The second-order valence-corrected chi connectivity index (χ2v) is 9.64. The summed E-state index contributed by atoms with van der Waals surface area (Å²) >= 11 is 4.85. The summed E-state index contributed by atoms with van der Waals surface area (Å²) in [6.07, 6.45) is 1.82. The van der Waals surface area contributed by atoms with Gasteiger partial charge in [-0.3, -0.25) is 4.79 Å². The first-order valence-electron chi connectivity index (χ1n) is 9.11. The number of nitrogens with one attached hydrogen (secondary N) is 1. The summed E-state index contributed by atoms with van der Waals surface area (Å²) in [6.45, 7) is 14.1. The molecule has 1 aromatic rings. The third-order valence-corrected chi connectivity index (χ3v) is 6.79. The van der Waals surface area contributed by atoms with E-state index in [1.54, 1.807) is 0 Å². The molecule has 1 heterocycles. The summed E-state index contributed by atoms with van der Waals surface area (Å²) in [5.74, 6) is 0.880. The van der Waals surface area contributed by atoms with Gasteiger partial charge in [0.05, 0.1) is 11.5 Å². The minimum atomic E-state index is -0.454. The van der Waals surface area contributed by atoms with Crippen molar-refractivity contribution in [3.8, 4) is 5.75 Å². The van der Waals surface area contributed by atoms with Gasteiger partial charge in [-0.1, -0.05) is 25.6 Å². The average Bonchev–Trinajstić information content (AvgIpc) is 2.86. The van der Waals surface area contributed by atoms with Crippen molar-refractivity contribution in [3.63, 3.8) is 0 Å². The van der Waals surface area contributed by atoms with Gasteiger partial charge in [-0.05, 0) is 51.1 Å². The molecule has 1 amide bonds. The predicted molar refractivity (Wildman–Crippen MR) is 110 cm³/mol. The van der Waals surface area contributed by atoms with Crippen LogP contribution in [0.25, 0.3) is 6.08 Å². The van der Waals surface area contributed by atoms with Crippen LogP contribution in [0.1, 0.15) is 31.9 Å². The molecule has 5 heteroatoms. The Balaban J connectivity index is 1.60. The molecule has 1 saturated carbocycles. The number of piperidine rings is 1. The Morgan fingerprint density at radius 2 is 2.19 bits per heavy atom. The molecule has 1 saturated heterocycles. The van der Waals surface area contributed by atoms with Crippen molar-refractivity contribution >= 4 is 24.6 Å². The first-order valence-corrected chi connectivity index (χ1v) is 9.56. The molecule has 142 valence electrons. The molecule has 3 atom stereocenters. The summed E-state index contributed by atoms with van der Waals surface area (Å²) in [5.41, 5.74) is 1.64. The van der Waals surface area contributed by atoms with E-state index in [9.17, 15) is 4.79 Å². The highest BCUT2D eigenvalue weighted by atomic mass is 32.1. The minimum Gasteiger partial charge on any atom is -0.491 e. The van der Waals surface area contributed by atoms with E-state index in [1.807, 2.05) is 45.0 Å². The quantitative estimate of drug-likeness (QED) is 0.752. The lowest BCUT2D eigenvalue weighted by atomic mass is 10.0. The van der Waals surface area contributed by atoms with Crippen LogP contribution in [0.4, 0.5) is 0 Å². The molecular weight excluding hydrogens is 344 g/mol. The highest BCUT2D eigenvalue weighted by Gasteiger charge is 2.78. The third-order valence-electron chi connectivity index (χ3n) is 5.88. The molecule has 4 nitrogen and oxygen atoms in total. The van der Waals surface area contributed by atoms with Crippen molar-refractivity contribution in [2.75, 3.05) is 26.7 Å². The van der Waals surface area contributed by atoms with Gasteiger partial charge in [0.1, 0.15) is 12.4 Å². The van der Waals surface area contributed by atoms with Crippen LogP contribution in [0, 0.1) is 18.3 Å². The molecule has 1 aliphatic carbocycles. The number of likely N-dealkylation sites (tertiary alicyclic amines) is 1. The van der Waals surface area contributed by atoms with Gasteiger partial charge in [0.15, 0.2) is 0 Å². The Labute approximate surface area is 162 Å². The smallest absolute Gasteiger partial charge is 0.225 e. The number of carbonyl (C=O) groups excluding carboxylic acids is 1. The highest BCUT2D eigenvalue weighted by molar-refractivity contribution is 7.82. The molecule has 1 aromatic carbocycles. The summed E-state index contributed by atoms with van der Waals surface area (Å²) < 4.78 is 5.78. The van der Waals surface area contributed by atoms with E-state index in [0.29, 0.717) is 6.61 Å². The number of aryl methyl sites for hydroxylation is 1. The molecule has 2 fully saturated rings. The highest BCUT2D eigenvalue weighted by Crippen LogP contribution is 2.69. The number of nitrogens with zero attached hydrogens (tertiary/aromatic N) is 1. The molecule has 0 spiro atoms. The van der Waals surface area contributed by atoms with Crippen LogP contribution < -0.4 is 10.1 Å². The van der Waals surface area contributed by atoms with Crippen LogP contribution in [-0.2, 0) is 4.79 Å². The number of amides is 1. The molecule has 0 aromatic heterocycles. The molecule has 1 aliphatic heterocycles. The van der Waals surface area contributed by atoms with E-state index >= 15 is 0 Å². The zero-order valence-corrected chi connectivity index (χ0v) is 17.3. The molecule has 3 rings (SSSR count). The van der Waals surface area contributed by atoms with Crippen molar-refractivity contribution in [2.45, 2.75) is 38.0 Å². The van der Waals surface area contributed by atoms with E-state index in [1.165, 1.54) is 0 Å². The fourth-order valence-electron chi connectivity index (χ4n) is 4.43. The zero-order chi connectivity index (χ0) is 19.3. The zero-order valence-electron chi connectivity index (χ0n) is 16.4. The number of rotatable bonds is 6. The van der Waals surface area contributed by atoms with Crippen LogP contribution in [0.2, 0.25) is 0 Å². The van der Waals surface area contributed by atoms with Gasteiger partial charge in [0.2, 0.25) is 5.91 Å². The van der Waals surface area contributed by atoms with Crippen molar-refractivity contribution < 1.29 is 9.53 Å². The lowest BCUT2D eigenvalue weighted by molar-refractivity contribution is -0.125. The number of hydrogen-bond acceptors (Lipinski definition) is 4. The lowest BCUT2D eigenvalue weighted by Gasteiger charge is -2.28. The Kier molecular flexibility index (Phi) is 4.68. The number of fused-ring (bicyclic) bond motifs is 1. The van der Waals surface area contributed by atoms with Crippen LogP contribution in [0.15, 0.2) is 24.8 Å². The van der Waals surface area contributed by atoms with Crippen LogP contribution in [-0.4, -0.2) is 47.8 Å². The summed E-state index contributed by atoms with van der Waals surface area (Å²) in [4.78, 5) is 15.1.